The van der Waals surface area contributed by atoms with Gasteiger partial charge in [-0.3, -0.25) is 9.69 Å². The zero-order valence-electron chi connectivity index (χ0n) is 15.1. The van der Waals surface area contributed by atoms with Gasteiger partial charge in [0.25, 0.3) is 11.7 Å². The maximum absolute atomic E-state index is 12.6. The Bertz CT molecular complexity index is 687. The van der Waals surface area contributed by atoms with Crippen molar-refractivity contribution in [2.24, 2.45) is 0 Å². The fourth-order valence-corrected chi connectivity index (χ4v) is 3.45. The number of aromatic nitrogens is 1. The van der Waals surface area contributed by atoms with E-state index < -0.39 is 17.8 Å². The summed E-state index contributed by atoms with van der Waals surface area (Å²) in [6.45, 7) is 4.90. The number of aromatic amines is 1. The normalized spacial score (nSPS) is 21.7. The van der Waals surface area contributed by atoms with Crippen molar-refractivity contribution in [1.29, 1.82) is 0 Å². The molecule has 27 heavy (non-hydrogen) atoms. The number of carbonyl (C=O) groups is 2. The van der Waals surface area contributed by atoms with Crippen LogP contribution in [0.5, 0.6) is 0 Å². The molecule has 1 aromatic rings. The summed E-state index contributed by atoms with van der Waals surface area (Å²) in [4.78, 5) is 31.4. The zero-order chi connectivity index (χ0) is 19.6. The van der Waals surface area contributed by atoms with Crippen molar-refractivity contribution >= 4 is 17.8 Å². The summed E-state index contributed by atoms with van der Waals surface area (Å²) in [6.07, 6.45) is -1.94. The maximum Gasteiger partial charge on any atom is 0.419 e. The molecular formula is C17H24F3N5O2+2. The Morgan fingerprint density at radius 2 is 1.96 bits per heavy atom. The lowest BCUT2D eigenvalue weighted by Gasteiger charge is -2.30. The monoisotopic (exact) mass is 387 g/mol. The number of H-pyrrole nitrogens is 1. The Kier molecular flexibility index (Phi) is 5.54. The van der Waals surface area contributed by atoms with Gasteiger partial charge in [0.1, 0.15) is 38.4 Å². The number of piperazine rings is 1. The van der Waals surface area contributed by atoms with E-state index in [1.165, 1.54) is 11.0 Å². The van der Waals surface area contributed by atoms with Gasteiger partial charge in [0.2, 0.25) is 0 Å². The van der Waals surface area contributed by atoms with Crippen LogP contribution in [0.1, 0.15) is 25.3 Å². The number of carbonyl (C=O) groups excluding carboxylic acids is 2. The summed E-state index contributed by atoms with van der Waals surface area (Å²) in [5.74, 6) is 0.452. The van der Waals surface area contributed by atoms with Gasteiger partial charge in [-0.25, -0.2) is 14.7 Å². The van der Waals surface area contributed by atoms with Crippen molar-refractivity contribution in [3.8, 4) is 0 Å². The predicted octanol–water partition coefficient (Wildman–Crippen LogP) is -0.0976. The van der Waals surface area contributed by atoms with E-state index in [9.17, 15) is 22.8 Å². The van der Waals surface area contributed by atoms with Gasteiger partial charge >= 0.3 is 12.2 Å². The lowest BCUT2D eigenvalue weighted by molar-refractivity contribution is -0.908. The summed E-state index contributed by atoms with van der Waals surface area (Å²) >= 11 is 0. The highest BCUT2D eigenvalue weighted by atomic mass is 19.4. The number of rotatable bonds is 5. The molecule has 2 aliphatic heterocycles. The van der Waals surface area contributed by atoms with Gasteiger partial charge in [0.15, 0.2) is 6.67 Å². The summed E-state index contributed by atoms with van der Waals surface area (Å²) in [7, 11) is 0. The second kappa shape index (κ2) is 7.71. The summed E-state index contributed by atoms with van der Waals surface area (Å²) in [5, 5.41) is 2.71. The van der Waals surface area contributed by atoms with Gasteiger partial charge in [0.05, 0.1) is 5.56 Å². The number of nitrogens with zero attached hydrogens (tertiary/aromatic N) is 2. The first-order valence-corrected chi connectivity index (χ1v) is 9.09. The van der Waals surface area contributed by atoms with E-state index >= 15 is 0 Å². The lowest BCUT2D eigenvalue weighted by Crippen LogP contribution is -3.16. The van der Waals surface area contributed by atoms with Gasteiger partial charge in [-0.15, -0.1) is 0 Å². The molecule has 148 valence electrons. The van der Waals surface area contributed by atoms with Crippen LogP contribution < -0.4 is 20.1 Å². The smallest absolute Gasteiger partial charge is 0.326 e. The highest BCUT2D eigenvalue weighted by Gasteiger charge is 2.40. The van der Waals surface area contributed by atoms with Crippen LogP contribution in [0, 0.1) is 0 Å². The topological polar surface area (TPSA) is 71.2 Å². The Morgan fingerprint density at radius 3 is 2.52 bits per heavy atom. The third-order valence-corrected chi connectivity index (χ3v) is 5.00. The van der Waals surface area contributed by atoms with Crippen molar-refractivity contribution in [1.82, 2.24) is 10.2 Å². The lowest BCUT2D eigenvalue weighted by atomic mass is 10.2. The molecule has 0 spiro atoms. The Hall–Kier alpha value is -2.36. The highest BCUT2D eigenvalue weighted by molar-refractivity contribution is 6.03. The number of amides is 3. The maximum atomic E-state index is 12.6. The van der Waals surface area contributed by atoms with Crippen LogP contribution in [0.15, 0.2) is 18.3 Å². The number of hydrogen-bond acceptors (Lipinski definition) is 3. The minimum atomic E-state index is -4.36. The Labute approximate surface area is 155 Å². The molecule has 3 rings (SSSR count). The number of pyridine rings is 1. The van der Waals surface area contributed by atoms with Gasteiger partial charge in [-0.1, -0.05) is 13.3 Å². The van der Waals surface area contributed by atoms with E-state index in [1.54, 1.807) is 0 Å². The van der Waals surface area contributed by atoms with Crippen LogP contribution in [-0.2, 0) is 11.0 Å². The van der Waals surface area contributed by atoms with Gasteiger partial charge < -0.3 is 10.2 Å². The third-order valence-electron chi connectivity index (χ3n) is 5.00. The molecule has 1 atom stereocenters. The van der Waals surface area contributed by atoms with Gasteiger partial charge in [-0.2, -0.15) is 13.2 Å². The summed E-state index contributed by atoms with van der Waals surface area (Å²) in [6, 6.07) is 1.72. The molecule has 1 aromatic heterocycles. The molecule has 0 radical (unpaired) electrons. The van der Waals surface area contributed by atoms with E-state index in [1.807, 2.05) is 11.8 Å². The SMILES string of the molecule is CCC[C@H]1NC(=O)N(C[NH+]2CCN(c3ccc(C(F)(F)F)c[nH+]3)CC2)C1=O. The summed E-state index contributed by atoms with van der Waals surface area (Å²) < 4.78 is 37.9. The van der Waals surface area contributed by atoms with Crippen LogP contribution in [0.4, 0.5) is 23.8 Å². The van der Waals surface area contributed by atoms with Crippen molar-refractivity contribution in [3.63, 3.8) is 0 Å². The van der Waals surface area contributed by atoms with Crippen molar-refractivity contribution < 1.29 is 32.6 Å². The van der Waals surface area contributed by atoms with E-state index in [2.05, 4.69) is 10.3 Å². The number of alkyl halides is 3. The first-order chi connectivity index (χ1) is 12.8. The largest absolute Gasteiger partial charge is 0.419 e. The molecule has 2 fully saturated rings. The first kappa shape index (κ1) is 19.4. The van der Waals surface area contributed by atoms with Gasteiger partial charge in [0, 0.05) is 6.07 Å². The number of halogens is 3. The number of nitrogens with one attached hydrogen (secondary N) is 3. The first-order valence-electron chi connectivity index (χ1n) is 9.09. The minimum Gasteiger partial charge on any atom is -0.326 e. The number of anilines is 1. The summed E-state index contributed by atoms with van der Waals surface area (Å²) in [5.41, 5.74) is -0.712. The quantitative estimate of drug-likeness (QED) is 0.694. The van der Waals surface area contributed by atoms with Crippen LogP contribution in [0.2, 0.25) is 0 Å². The second-order valence-corrected chi connectivity index (χ2v) is 6.91. The molecule has 0 aromatic carbocycles. The predicted molar refractivity (Wildman–Crippen MR) is 89.9 cm³/mol. The Morgan fingerprint density at radius 1 is 1.26 bits per heavy atom. The van der Waals surface area contributed by atoms with E-state index in [0.717, 1.165) is 23.6 Å². The molecule has 0 saturated carbocycles. The van der Waals surface area contributed by atoms with Crippen LogP contribution in [-0.4, -0.2) is 55.7 Å². The fourth-order valence-electron chi connectivity index (χ4n) is 3.45. The molecule has 0 aliphatic carbocycles. The van der Waals surface area contributed by atoms with Crippen LogP contribution in [0.3, 0.4) is 0 Å². The molecule has 2 saturated heterocycles. The van der Waals surface area contributed by atoms with E-state index in [-0.39, 0.29) is 11.9 Å². The molecular weight excluding hydrogens is 363 g/mol. The molecule has 3 heterocycles. The van der Waals surface area contributed by atoms with Crippen LogP contribution in [0.25, 0.3) is 0 Å². The average Bonchev–Trinajstić information content (AvgIpc) is 2.90. The van der Waals surface area contributed by atoms with E-state index in [4.69, 9.17) is 0 Å². The number of urea groups is 1. The van der Waals surface area contributed by atoms with Crippen molar-refractivity contribution in [2.45, 2.75) is 32.0 Å². The fraction of sp³-hybridized carbons (Fsp3) is 0.588. The number of imide groups is 1. The molecule has 7 nitrogen and oxygen atoms in total. The molecule has 3 amide bonds. The zero-order valence-corrected chi connectivity index (χ0v) is 15.1. The van der Waals surface area contributed by atoms with Crippen LogP contribution >= 0.6 is 0 Å². The average molecular weight is 387 g/mol. The minimum absolute atomic E-state index is 0.173. The standard InChI is InChI=1S/C17H22F3N5O2/c1-2-3-13-15(26)25(16(27)22-13)11-23-6-8-24(9-7-23)14-5-4-12(10-21-14)17(18,19)20/h4-5,10,13H,2-3,6-9,11H2,1H3,(H,22,27)/p+2/t13-/m1/s1. The molecule has 0 unspecified atom stereocenters. The molecule has 10 heteroatoms. The number of quaternary nitrogens is 1. The molecule has 0 bridgehead atoms. The van der Waals surface area contributed by atoms with E-state index in [0.29, 0.717) is 45.1 Å². The molecule has 3 N–H and O–H groups in total. The third kappa shape index (κ3) is 4.32. The molecule has 2 aliphatic rings. The number of hydrogen-bond donors (Lipinski definition) is 2. The highest BCUT2D eigenvalue weighted by Crippen LogP contribution is 2.28. The van der Waals surface area contributed by atoms with Crippen molar-refractivity contribution in [2.75, 3.05) is 37.7 Å². The Balaban J connectivity index is 1.53. The van der Waals surface area contributed by atoms with Crippen molar-refractivity contribution in [3.05, 3.63) is 23.9 Å². The van der Waals surface area contributed by atoms with Gasteiger partial charge in [-0.05, 0) is 12.5 Å². The second-order valence-electron chi connectivity index (χ2n) is 6.91.